The molecule has 18 heavy (non-hydrogen) atoms. The highest BCUT2D eigenvalue weighted by Gasteiger charge is 2.49. The molecule has 0 N–H and O–H groups in total. The lowest BCUT2D eigenvalue weighted by atomic mass is 9.72. The molecule has 0 aromatic heterocycles. The number of ether oxygens (including phenoxy) is 2. The molecule has 3 aliphatic rings. The highest BCUT2D eigenvalue weighted by Crippen LogP contribution is 2.45. The van der Waals surface area contributed by atoms with Crippen LogP contribution in [0, 0.1) is 24.4 Å². The molecule has 3 nitrogen and oxygen atoms in total. The quantitative estimate of drug-likeness (QED) is 0.754. The molecule has 1 aliphatic carbocycles. The standard InChI is InChI=1S/C15H24O3/c1-5-15(3,4)14(16)13-10-7-8-11(18-13)12(9-10)17-6-2/h10-12H,1,5-9H2,2-4H3. The number of ketones is 1. The summed E-state index contributed by atoms with van der Waals surface area (Å²) in [5, 5.41) is 0. The average molecular weight is 252 g/mol. The molecule has 0 amide bonds. The van der Waals surface area contributed by atoms with Crippen molar-refractivity contribution in [3.05, 3.63) is 13.0 Å². The van der Waals surface area contributed by atoms with Crippen molar-refractivity contribution in [2.45, 2.75) is 58.7 Å². The number of fused-ring (bicyclic) bond motifs is 3. The second kappa shape index (κ2) is 5.30. The molecule has 1 saturated carbocycles. The predicted octanol–water partition coefficient (Wildman–Crippen LogP) is 2.94. The summed E-state index contributed by atoms with van der Waals surface area (Å²) >= 11 is 0. The minimum atomic E-state index is -0.409. The van der Waals surface area contributed by atoms with Crippen molar-refractivity contribution in [1.82, 2.24) is 0 Å². The Bertz CT molecular complexity index is 311. The first-order chi connectivity index (χ1) is 8.49. The van der Waals surface area contributed by atoms with Crippen molar-refractivity contribution in [3.63, 3.8) is 0 Å². The predicted molar refractivity (Wildman–Crippen MR) is 69.6 cm³/mol. The van der Waals surface area contributed by atoms with Crippen molar-refractivity contribution in [3.8, 4) is 0 Å². The topological polar surface area (TPSA) is 35.5 Å². The van der Waals surface area contributed by atoms with Gasteiger partial charge in [-0.05, 0) is 32.6 Å². The van der Waals surface area contributed by atoms with Crippen molar-refractivity contribution in [2.24, 2.45) is 11.3 Å². The van der Waals surface area contributed by atoms with Crippen LogP contribution in [-0.4, -0.2) is 24.6 Å². The highest BCUT2D eigenvalue weighted by molar-refractivity contribution is 5.95. The fraction of sp³-hybridized carbons (Fsp3) is 0.800. The Labute approximate surface area is 110 Å². The van der Waals surface area contributed by atoms with E-state index >= 15 is 0 Å². The van der Waals surface area contributed by atoms with Gasteiger partial charge in [-0.3, -0.25) is 4.79 Å². The number of carbonyl (C=O) groups excluding carboxylic acids is 1. The number of hydrogen-bond acceptors (Lipinski definition) is 3. The lowest BCUT2D eigenvalue weighted by Crippen LogP contribution is -2.51. The molecule has 102 valence electrons. The van der Waals surface area contributed by atoms with Gasteiger partial charge in [0.2, 0.25) is 0 Å². The van der Waals surface area contributed by atoms with Crippen molar-refractivity contribution in [1.29, 1.82) is 0 Å². The zero-order chi connectivity index (χ0) is 13.3. The second-order valence-corrected chi connectivity index (χ2v) is 5.99. The van der Waals surface area contributed by atoms with E-state index in [1.807, 2.05) is 20.8 Å². The van der Waals surface area contributed by atoms with E-state index in [1.54, 1.807) is 0 Å². The van der Waals surface area contributed by atoms with E-state index in [-0.39, 0.29) is 23.9 Å². The van der Waals surface area contributed by atoms with E-state index < -0.39 is 5.41 Å². The molecule has 3 unspecified atom stereocenters. The third-order valence-corrected chi connectivity index (χ3v) is 4.22. The van der Waals surface area contributed by atoms with E-state index in [0.717, 1.165) is 19.3 Å². The highest BCUT2D eigenvalue weighted by atomic mass is 16.6. The van der Waals surface area contributed by atoms with Gasteiger partial charge >= 0.3 is 0 Å². The van der Waals surface area contributed by atoms with Crippen molar-refractivity contribution < 1.29 is 14.3 Å². The molecule has 2 aliphatic heterocycles. The first-order valence-corrected chi connectivity index (χ1v) is 6.98. The van der Waals surface area contributed by atoms with Crippen LogP contribution in [0.3, 0.4) is 0 Å². The van der Waals surface area contributed by atoms with Gasteiger partial charge in [-0.2, -0.15) is 0 Å². The minimum Gasteiger partial charge on any atom is -0.376 e. The van der Waals surface area contributed by atoms with E-state index in [2.05, 4.69) is 6.92 Å². The molecule has 0 aromatic carbocycles. The van der Waals surface area contributed by atoms with Crippen LogP contribution in [0.1, 0.15) is 46.5 Å². The van der Waals surface area contributed by atoms with E-state index in [1.165, 1.54) is 0 Å². The van der Waals surface area contributed by atoms with Gasteiger partial charge in [0.1, 0.15) is 0 Å². The fourth-order valence-corrected chi connectivity index (χ4v) is 2.81. The normalized spacial score (nSPS) is 32.8. The first kappa shape index (κ1) is 14.0. The lowest BCUT2D eigenvalue weighted by Gasteiger charge is -2.46. The molecular weight excluding hydrogens is 228 g/mol. The summed E-state index contributed by atoms with van der Waals surface area (Å²) < 4.78 is 11.6. The van der Waals surface area contributed by atoms with Gasteiger partial charge in [0, 0.05) is 17.9 Å². The van der Waals surface area contributed by atoms with Gasteiger partial charge in [-0.15, -0.1) is 0 Å². The summed E-state index contributed by atoms with van der Waals surface area (Å²) in [4.78, 5) is 12.5. The largest absolute Gasteiger partial charge is 0.376 e. The molecule has 2 bridgehead atoms. The number of carbonyl (C=O) groups is 1. The molecule has 0 aromatic rings. The fourth-order valence-electron chi connectivity index (χ4n) is 2.81. The van der Waals surface area contributed by atoms with Gasteiger partial charge in [0.05, 0.1) is 12.2 Å². The van der Waals surface area contributed by atoms with Gasteiger partial charge in [0.15, 0.2) is 11.9 Å². The SMILES string of the molecule is [CH2]CC(C)(C)C(=O)[C]1OC2CCC1CC2OCC. The molecule has 2 saturated heterocycles. The molecule has 2 radical (unpaired) electrons. The van der Waals surface area contributed by atoms with Gasteiger partial charge in [-0.1, -0.05) is 20.8 Å². The third-order valence-electron chi connectivity index (χ3n) is 4.22. The Morgan fingerprint density at radius 1 is 1.50 bits per heavy atom. The van der Waals surface area contributed by atoms with Crippen LogP contribution in [0.4, 0.5) is 0 Å². The Balaban J connectivity index is 2.05. The molecular formula is C15H24O3. The lowest BCUT2D eigenvalue weighted by molar-refractivity contribution is -0.168. The summed E-state index contributed by atoms with van der Waals surface area (Å²) in [7, 11) is 0. The second-order valence-electron chi connectivity index (χ2n) is 5.99. The maximum Gasteiger partial charge on any atom is 0.173 e. The van der Waals surface area contributed by atoms with Crippen LogP contribution in [0.15, 0.2) is 0 Å². The molecule has 3 heteroatoms. The van der Waals surface area contributed by atoms with Crippen LogP contribution in [0.25, 0.3) is 0 Å². The smallest absolute Gasteiger partial charge is 0.173 e. The Morgan fingerprint density at radius 2 is 2.22 bits per heavy atom. The van der Waals surface area contributed by atoms with Crippen molar-refractivity contribution >= 4 is 5.78 Å². The molecule has 3 atom stereocenters. The maximum absolute atomic E-state index is 12.5. The number of hydrogen-bond donors (Lipinski definition) is 0. The minimum absolute atomic E-state index is 0.0783. The van der Waals surface area contributed by atoms with Gasteiger partial charge in [-0.25, -0.2) is 0 Å². The van der Waals surface area contributed by atoms with Crippen LogP contribution in [-0.2, 0) is 14.3 Å². The number of Topliss-reactive ketones (excluding diaryl/α,β-unsaturated/α-hetero) is 1. The maximum atomic E-state index is 12.5. The zero-order valence-corrected chi connectivity index (χ0v) is 11.7. The van der Waals surface area contributed by atoms with Crippen molar-refractivity contribution in [2.75, 3.05) is 6.61 Å². The molecule has 2 heterocycles. The van der Waals surface area contributed by atoms with Crippen LogP contribution < -0.4 is 0 Å². The summed E-state index contributed by atoms with van der Waals surface area (Å²) in [5.74, 6) is 0.395. The molecule has 3 rings (SSSR count). The number of rotatable bonds is 5. The Kier molecular flexibility index (Phi) is 4.12. The monoisotopic (exact) mass is 252 g/mol. The first-order valence-electron chi connectivity index (χ1n) is 6.98. The van der Waals surface area contributed by atoms with Crippen LogP contribution in [0.2, 0.25) is 0 Å². The average Bonchev–Trinajstić information content (AvgIpc) is 2.39. The summed E-state index contributed by atoms with van der Waals surface area (Å²) in [6.07, 6.45) is 4.55. The Morgan fingerprint density at radius 3 is 2.72 bits per heavy atom. The summed E-state index contributed by atoms with van der Waals surface area (Å²) in [5.41, 5.74) is -0.409. The summed E-state index contributed by atoms with van der Waals surface area (Å²) in [6.45, 7) is 10.5. The summed E-state index contributed by atoms with van der Waals surface area (Å²) in [6, 6.07) is 0. The van der Waals surface area contributed by atoms with Gasteiger partial charge < -0.3 is 9.47 Å². The Hall–Kier alpha value is -0.410. The van der Waals surface area contributed by atoms with Crippen LogP contribution in [0.5, 0.6) is 0 Å². The molecule has 0 spiro atoms. The molecule has 3 fully saturated rings. The van der Waals surface area contributed by atoms with Crippen LogP contribution >= 0.6 is 0 Å². The zero-order valence-electron chi connectivity index (χ0n) is 11.7. The van der Waals surface area contributed by atoms with Gasteiger partial charge in [0.25, 0.3) is 0 Å². The van der Waals surface area contributed by atoms with E-state index in [4.69, 9.17) is 9.47 Å². The third kappa shape index (κ3) is 2.48. The van der Waals surface area contributed by atoms with E-state index in [9.17, 15) is 4.79 Å². The van der Waals surface area contributed by atoms with E-state index in [0.29, 0.717) is 19.1 Å².